The highest BCUT2D eigenvalue weighted by Crippen LogP contribution is 2.20. The summed E-state index contributed by atoms with van der Waals surface area (Å²) in [6.07, 6.45) is 1.33. The second kappa shape index (κ2) is 7.63. The van der Waals surface area contributed by atoms with E-state index in [1.54, 1.807) is 38.2 Å². The third-order valence-electron chi connectivity index (χ3n) is 3.99. The Balaban J connectivity index is 1.65. The summed E-state index contributed by atoms with van der Waals surface area (Å²) in [4.78, 5) is 40.9. The van der Waals surface area contributed by atoms with Crippen molar-refractivity contribution in [2.75, 3.05) is 13.1 Å². The lowest BCUT2D eigenvalue weighted by Crippen LogP contribution is -2.35. The highest BCUT2D eigenvalue weighted by atomic mass is 35.5. The number of nitrogens with zero attached hydrogens (tertiary/aromatic N) is 2. The molecule has 9 heteroatoms. The summed E-state index contributed by atoms with van der Waals surface area (Å²) in [6, 6.07) is 6.68. The molecule has 1 aromatic carbocycles. The molecule has 0 bridgehead atoms. The number of carbonyl (C=O) groups is 2. The average Bonchev–Trinajstić information content (AvgIpc) is 2.98. The van der Waals surface area contributed by atoms with E-state index in [4.69, 9.17) is 16.0 Å². The SMILES string of the molecule is Cc1oc2ncn(C)c(=O)c2c1C(=O)NCCNC(=O)c1ccccc1Cl. The van der Waals surface area contributed by atoms with Crippen molar-refractivity contribution in [1.82, 2.24) is 20.2 Å². The van der Waals surface area contributed by atoms with Crippen molar-refractivity contribution in [3.05, 3.63) is 62.9 Å². The largest absolute Gasteiger partial charge is 0.442 e. The summed E-state index contributed by atoms with van der Waals surface area (Å²) in [6.45, 7) is 1.96. The molecule has 0 spiro atoms. The fraction of sp³-hybridized carbons (Fsp3) is 0.222. The zero-order valence-electron chi connectivity index (χ0n) is 14.7. The van der Waals surface area contributed by atoms with Gasteiger partial charge < -0.3 is 19.6 Å². The molecule has 0 radical (unpaired) electrons. The van der Waals surface area contributed by atoms with Gasteiger partial charge in [-0.05, 0) is 19.1 Å². The molecule has 27 heavy (non-hydrogen) atoms. The van der Waals surface area contributed by atoms with Gasteiger partial charge in [-0.3, -0.25) is 14.4 Å². The Morgan fingerprint density at radius 3 is 2.56 bits per heavy atom. The van der Waals surface area contributed by atoms with Crippen molar-refractivity contribution in [1.29, 1.82) is 0 Å². The van der Waals surface area contributed by atoms with Crippen LogP contribution in [0.2, 0.25) is 5.02 Å². The first-order chi connectivity index (χ1) is 12.9. The predicted molar refractivity (Wildman–Crippen MR) is 100 cm³/mol. The molecule has 2 aromatic heterocycles. The third kappa shape index (κ3) is 3.70. The summed E-state index contributed by atoms with van der Waals surface area (Å²) in [5.41, 5.74) is 0.259. The minimum absolute atomic E-state index is 0.118. The molecule has 0 unspecified atom stereocenters. The van der Waals surface area contributed by atoms with Gasteiger partial charge in [-0.15, -0.1) is 0 Å². The van der Waals surface area contributed by atoms with Crippen LogP contribution < -0.4 is 16.2 Å². The van der Waals surface area contributed by atoms with E-state index in [0.717, 1.165) is 0 Å². The average molecular weight is 389 g/mol. The standard InChI is InChI=1S/C18H17ClN4O4/c1-10-13(14-17(27-10)22-9-23(2)18(14)26)16(25)21-8-7-20-15(24)11-5-3-4-6-12(11)19/h3-6,9H,7-8H2,1-2H3,(H,20,24)(H,21,25). The Hall–Kier alpha value is -3.13. The first kappa shape index (κ1) is 18.7. The number of halogens is 1. The fourth-order valence-electron chi connectivity index (χ4n) is 2.64. The van der Waals surface area contributed by atoms with E-state index < -0.39 is 5.91 Å². The third-order valence-corrected chi connectivity index (χ3v) is 4.32. The van der Waals surface area contributed by atoms with Gasteiger partial charge in [0.15, 0.2) is 0 Å². The molecule has 3 aromatic rings. The maximum Gasteiger partial charge on any atom is 0.265 e. The lowest BCUT2D eigenvalue weighted by Gasteiger charge is -2.08. The molecule has 0 fully saturated rings. The van der Waals surface area contributed by atoms with E-state index in [1.807, 2.05) is 0 Å². The van der Waals surface area contributed by atoms with Crippen LogP contribution >= 0.6 is 11.6 Å². The molecule has 140 valence electrons. The molecule has 2 N–H and O–H groups in total. The summed E-state index contributed by atoms with van der Waals surface area (Å²) >= 11 is 5.97. The summed E-state index contributed by atoms with van der Waals surface area (Å²) in [5, 5.41) is 5.82. The van der Waals surface area contributed by atoms with Gasteiger partial charge in [0.05, 0.1) is 16.1 Å². The van der Waals surface area contributed by atoms with Crippen molar-refractivity contribution in [3.8, 4) is 0 Å². The normalized spacial score (nSPS) is 10.8. The Labute approximate surface area is 159 Å². The number of hydrogen-bond acceptors (Lipinski definition) is 5. The number of benzene rings is 1. The van der Waals surface area contributed by atoms with Crippen molar-refractivity contribution < 1.29 is 14.0 Å². The molecule has 2 amide bonds. The van der Waals surface area contributed by atoms with Gasteiger partial charge in [0, 0.05) is 20.1 Å². The minimum atomic E-state index is -0.469. The quantitative estimate of drug-likeness (QED) is 0.646. The number of aryl methyl sites for hydroxylation is 2. The molecule has 0 aliphatic rings. The Morgan fingerprint density at radius 2 is 1.85 bits per heavy atom. The first-order valence-electron chi connectivity index (χ1n) is 8.15. The Kier molecular flexibility index (Phi) is 5.27. The second-order valence-corrected chi connectivity index (χ2v) is 6.27. The molecule has 0 aliphatic carbocycles. The molecule has 0 saturated heterocycles. The number of aromatic nitrogens is 2. The molecule has 3 rings (SSSR count). The van der Waals surface area contributed by atoms with Crippen LogP contribution in [0, 0.1) is 6.92 Å². The second-order valence-electron chi connectivity index (χ2n) is 5.87. The highest BCUT2D eigenvalue weighted by Gasteiger charge is 2.22. The molecule has 0 aliphatic heterocycles. The van der Waals surface area contributed by atoms with Crippen molar-refractivity contribution in [2.24, 2.45) is 7.05 Å². The summed E-state index contributed by atoms with van der Waals surface area (Å²) in [7, 11) is 1.54. The van der Waals surface area contributed by atoms with E-state index in [9.17, 15) is 14.4 Å². The van der Waals surface area contributed by atoms with E-state index in [2.05, 4.69) is 15.6 Å². The predicted octanol–water partition coefficient (Wildman–Crippen LogP) is 1.65. The van der Waals surface area contributed by atoms with Gasteiger partial charge in [-0.1, -0.05) is 23.7 Å². The topological polar surface area (TPSA) is 106 Å². The van der Waals surface area contributed by atoms with Crippen LogP contribution in [-0.2, 0) is 7.05 Å². The van der Waals surface area contributed by atoms with Gasteiger partial charge >= 0.3 is 0 Å². The Morgan fingerprint density at radius 1 is 1.19 bits per heavy atom. The molecule has 0 saturated carbocycles. The number of furan rings is 1. The lowest BCUT2D eigenvalue weighted by molar-refractivity contribution is 0.0927. The maximum absolute atomic E-state index is 12.5. The summed E-state index contributed by atoms with van der Waals surface area (Å²) in [5.74, 6) is -0.500. The van der Waals surface area contributed by atoms with Crippen LogP contribution in [0.4, 0.5) is 0 Å². The monoisotopic (exact) mass is 388 g/mol. The van der Waals surface area contributed by atoms with Gasteiger partial charge in [-0.2, -0.15) is 0 Å². The van der Waals surface area contributed by atoms with Gasteiger partial charge in [0.25, 0.3) is 17.4 Å². The number of hydrogen-bond donors (Lipinski definition) is 2. The molecule has 0 atom stereocenters. The van der Waals surface area contributed by atoms with E-state index >= 15 is 0 Å². The molecular formula is C18H17ClN4O4. The number of nitrogens with one attached hydrogen (secondary N) is 2. The number of carbonyl (C=O) groups excluding carboxylic acids is 2. The zero-order chi connectivity index (χ0) is 19.6. The van der Waals surface area contributed by atoms with Crippen molar-refractivity contribution in [2.45, 2.75) is 6.92 Å². The smallest absolute Gasteiger partial charge is 0.265 e. The van der Waals surface area contributed by atoms with E-state index in [0.29, 0.717) is 16.3 Å². The van der Waals surface area contributed by atoms with Gasteiger partial charge in [0.1, 0.15) is 17.5 Å². The van der Waals surface area contributed by atoms with Gasteiger partial charge in [0.2, 0.25) is 5.71 Å². The first-order valence-corrected chi connectivity index (χ1v) is 8.53. The van der Waals surface area contributed by atoms with E-state index in [-0.39, 0.29) is 41.2 Å². The maximum atomic E-state index is 12.5. The minimum Gasteiger partial charge on any atom is -0.442 e. The molecular weight excluding hydrogens is 372 g/mol. The Bertz CT molecular complexity index is 1090. The number of rotatable bonds is 5. The van der Waals surface area contributed by atoms with Crippen molar-refractivity contribution in [3.63, 3.8) is 0 Å². The van der Waals surface area contributed by atoms with Crippen LogP contribution in [0.25, 0.3) is 11.1 Å². The van der Waals surface area contributed by atoms with Crippen LogP contribution in [-0.4, -0.2) is 34.5 Å². The number of amides is 2. The van der Waals surface area contributed by atoms with Crippen LogP contribution in [0.1, 0.15) is 26.5 Å². The van der Waals surface area contributed by atoms with Crippen molar-refractivity contribution >= 4 is 34.5 Å². The molecule has 8 nitrogen and oxygen atoms in total. The summed E-state index contributed by atoms with van der Waals surface area (Å²) < 4.78 is 6.68. The number of fused-ring (bicyclic) bond motifs is 1. The van der Waals surface area contributed by atoms with Crippen LogP contribution in [0.3, 0.4) is 0 Å². The highest BCUT2D eigenvalue weighted by molar-refractivity contribution is 6.33. The zero-order valence-corrected chi connectivity index (χ0v) is 15.5. The van der Waals surface area contributed by atoms with E-state index in [1.165, 1.54) is 10.9 Å². The van der Waals surface area contributed by atoms with Crippen LogP contribution in [0.15, 0.2) is 39.8 Å². The van der Waals surface area contributed by atoms with Gasteiger partial charge in [-0.25, -0.2) is 4.98 Å². The van der Waals surface area contributed by atoms with Crippen LogP contribution in [0.5, 0.6) is 0 Å². The fourth-order valence-corrected chi connectivity index (χ4v) is 2.86. The molecule has 2 heterocycles. The lowest BCUT2D eigenvalue weighted by atomic mass is 10.2.